The first-order valence-corrected chi connectivity index (χ1v) is 9.35. The molecule has 0 bridgehead atoms. The van der Waals surface area contributed by atoms with Crippen LogP contribution < -0.4 is 21.3 Å². The fraction of sp³-hybridized carbons (Fsp3) is 0.357. The van der Waals surface area contributed by atoms with Crippen molar-refractivity contribution in [2.45, 2.75) is 24.8 Å². The number of aliphatic imine (C=N–C) groups is 2. The predicted molar refractivity (Wildman–Crippen MR) is 102 cm³/mol. The number of benzene rings is 1. The van der Waals surface area contributed by atoms with Crippen molar-refractivity contribution in [3.63, 3.8) is 0 Å². The van der Waals surface area contributed by atoms with Gasteiger partial charge >= 0.3 is 0 Å². The summed E-state index contributed by atoms with van der Waals surface area (Å²) in [5.74, 6) is -0.594. The van der Waals surface area contributed by atoms with E-state index in [9.17, 15) is 8.60 Å². The van der Waals surface area contributed by atoms with E-state index in [1.54, 1.807) is 0 Å². The van der Waals surface area contributed by atoms with Crippen LogP contribution in [-0.4, -0.2) is 33.7 Å². The minimum absolute atomic E-state index is 0.0490. The first-order chi connectivity index (χ1) is 11.7. The monoisotopic (exact) mass is 431 g/mol. The van der Waals surface area contributed by atoms with Crippen LogP contribution in [-0.2, 0) is 11.2 Å². The maximum absolute atomic E-state index is 13.2. The maximum Gasteiger partial charge on any atom is 0.164 e. The van der Waals surface area contributed by atoms with Gasteiger partial charge in [-0.3, -0.25) is 10.4 Å². The highest BCUT2D eigenvalue weighted by atomic mass is 79.9. The van der Waals surface area contributed by atoms with E-state index < -0.39 is 17.0 Å². The molecule has 1 aromatic carbocycles. The number of halogens is 2. The third-order valence-electron chi connectivity index (χ3n) is 3.71. The highest BCUT2D eigenvalue weighted by Gasteiger charge is 2.42. The van der Waals surface area contributed by atoms with Crippen molar-refractivity contribution in [2.75, 3.05) is 6.54 Å². The van der Waals surface area contributed by atoms with E-state index in [2.05, 4.69) is 30.6 Å². The zero-order valence-corrected chi connectivity index (χ0v) is 15.7. The number of nitrogens with two attached hydrogens (primary N) is 3. The van der Waals surface area contributed by atoms with Crippen molar-refractivity contribution in [2.24, 2.45) is 26.6 Å². The lowest BCUT2D eigenvalue weighted by atomic mass is 10.2. The zero-order valence-electron chi connectivity index (χ0n) is 13.3. The van der Waals surface area contributed by atoms with Gasteiger partial charge in [0.05, 0.1) is 10.2 Å². The highest BCUT2D eigenvalue weighted by molar-refractivity contribution is 9.10. The average molecular weight is 432 g/mol. The van der Waals surface area contributed by atoms with Crippen LogP contribution in [0.3, 0.4) is 0 Å². The molecule has 1 aliphatic rings. The molecule has 0 radical (unpaired) electrons. The smallest absolute Gasteiger partial charge is 0.164 e. The summed E-state index contributed by atoms with van der Waals surface area (Å²) in [6.07, 6.45) is 2.34. The molecule has 1 aromatic rings. The normalized spacial score (nSPS) is 18.0. The average Bonchev–Trinajstić information content (AvgIpc) is 3.28. The molecule has 136 valence electrons. The fourth-order valence-electron chi connectivity index (χ4n) is 2.12. The van der Waals surface area contributed by atoms with Gasteiger partial charge in [0.25, 0.3) is 0 Å². The van der Waals surface area contributed by atoms with Crippen LogP contribution in [0.5, 0.6) is 0 Å². The lowest BCUT2D eigenvalue weighted by Gasteiger charge is -2.13. The molecule has 0 heterocycles. The second-order valence-corrected chi connectivity index (χ2v) is 7.32. The van der Waals surface area contributed by atoms with Crippen molar-refractivity contribution in [3.05, 3.63) is 28.5 Å². The quantitative estimate of drug-likeness (QED) is 0.307. The zero-order chi connectivity index (χ0) is 18.6. The topological polar surface area (TPSA) is 156 Å². The largest absolute Gasteiger partial charge is 0.382 e. The number of rotatable bonds is 8. The van der Waals surface area contributed by atoms with Gasteiger partial charge in [0.2, 0.25) is 0 Å². The van der Waals surface area contributed by atoms with Crippen molar-refractivity contribution in [1.82, 2.24) is 4.72 Å². The standard InChI is InChI=1S/C14H19BrFN7OS/c15-9-7-8(1-2-10(9)16)22-13(19)11(17)12(18)21-6-5-14(3-4-14)23-25(20)24/h1-2,7,17,23H,3-6,20H2,(H2,18,21)(H2,19,22). The molecule has 8 N–H and O–H groups in total. The lowest BCUT2D eigenvalue weighted by molar-refractivity contribution is 0.561. The minimum Gasteiger partial charge on any atom is -0.382 e. The predicted octanol–water partition coefficient (Wildman–Crippen LogP) is 1.00. The van der Waals surface area contributed by atoms with Gasteiger partial charge in [-0.2, -0.15) is 0 Å². The highest BCUT2D eigenvalue weighted by Crippen LogP contribution is 2.38. The summed E-state index contributed by atoms with van der Waals surface area (Å²) in [5, 5.41) is 13.2. The molecular weight excluding hydrogens is 413 g/mol. The van der Waals surface area contributed by atoms with Crippen molar-refractivity contribution in [1.29, 1.82) is 5.41 Å². The molecule has 2 rings (SSSR count). The second-order valence-electron chi connectivity index (χ2n) is 5.67. The summed E-state index contributed by atoms with van der Waals surface area (Å²) in [6, 6.07) is 4.11. The lowest BCUT2D eigenvalue weighted by Crippen LogP contribution is -2.38. The number of nitrogens with zero attached hydrogens (tertiary/aromatic N) is 2. The van der Waals surface area contributed by atoms with Crippen LogP contribution in [0.25, 0.3) is 0 Å². The molecule has 0 aromatic heterocycles. The Morgan fingerprint density at radius 1 is 1.40 bits per heavy atom. The van der Waals surface area contributed by atoms with E-state index in [-0.39, 0.29) is 27.4 Å². The van der Waals surface area contributed by atoms with E-state index in [1.807, 2.05) is 0 Å². The van der Waals surface area contributed by atoms with Crippen LogP contribution in [0, 0.1) is 11.2 Å². The molecule has 0 amide bonds. The van der Waals surface area contributed by atoms with Crippen molar-refractivity contribution in [3.8, 4) is 0 Å². The molecule has 11 heteroatoms. The van der Waals surface area contributed by atoms with Gasteiger partial charge in [-0.05, 0) is 53.4 Å². The Morgan fingerprint density at radius 3 is 2.64 bits per heavy atom. The number of hydrogen-bond acceptors (Lipinski definition) is 4. The van der Waals surface area contributed by atoms with Crippen LogP contribution in [0.1, 0.15) is 19.3 Å². The molecular formula is C14H19BrFN7OS. The molecule has 1 atom stereocenters. The summed E-state index contributed by atoms with van der Waals surface area (Å²) in [4.78, 5) is 8.14. The van der Waals surface area contributed by atoms with Crippen LogP contribution in [0.15, 0.2) is 32.7 Å². The Balaban J connectivity index is 1.97. The van der Waals surface area contributed by atoms with E-state index in [0.717, 1.165) is 12.8 Å². The van der Waals surface area contributed by atoms with Gasteiger partial charge in [-0.1, -0.05) is 0 Å². The molecule has 0 aliphatic heterocycles. The second kappa shape index (κ2) is 8.13. The van der Waals surface area contributed by atoms with Gasteiger partial charge in [0.15, 0.2) is 17.0 Å². The van der Waals surface area contributed by atoms with Gasteiger partial charge in [-0.25, -0.2) is 23.5 Å². The SMILES string of the molecule is N=C(C(N)=NCCC1(NS(N)=O)CC1)C(N)=Nc1ccc(F)c(Br)c1. The molecule has 1 fully saturated rings. The Hall–Kier alpha value is -1.69. The molecule has 8 nitrogen and oxygen atoms in total. The summed E-state index contributed by atoms with van der Waals surface area (Å²) in [7, 11) is 0. The number of nitrogens with one attached hydrogen (secondary N) is 2. The molecule has 1 unspecified atom stereocenters. The molecule has 0 saturated heterocycles. The van der Waals surface area contributed by atoms with Crippen molar-refractivity contribution >= 4 is 50.2 Å². The number of amidine groups is 2. The third-order valence-corrected chi connectivity index (χ3v) is 4.95. The van der Waals surface area contributed by atoms with E-state index in [4.69, 9.17) is 22.0 Å². The summed E-state index contributed by atoms with van der Waals surface area (Å²) >= 11 is 1.48. The first-order valence-electron chi connectivity index (χ1n) is 7.35. The number of hydrogen-bond donors (Lipinski definition) is 5. The van der Waals surface area contributed by atoms with E-state index >= 15 is 0 Å². The fourth-order valence-corrected chi connectivity index (χ4v) is 3.22. The third kappa shape index (κ3) is 5.66. The summed E-state index contributed by atoms with van der Waals surface area (Å²) in [5.41, 5.74) is 11.4. The Kier molecular flexibility index (Phi) is 6.38. The Morgan fingerprint density at radius 2 is 2.08 bits per heavy atom. The van der Waals surface area contributed by atoms with Crippen LogP contribution in [0.2, 0.25) is 0 Å². The van der Waals surface area contributed by atoms with E-state index in [0.29, 0.717) is 18.7 Å². The van der Waals surface area contributed by atoms with Gasteiger partial charge in [-0.15, -0.1) is 0 Å². The van der Waals surface area contributed by atoms with E-state index in [1.165, 1.54) is 18.2 Å². The minimum atomic E-state index is -1.57. The van der Waals surface area contributed by atoms with Gasteiger partial charge in [0.1, 0.15) is 17.4 Å². The van der Waals surface area contributed by atoms with Gasteiger partial charge < -0.3 is 11.5 Å². The van der Waals surface area contributed by atoms with Crippen LogP contribution >= 0.6 is 15.9 Å². The van der Waals surface area contributed by atoms with Crippen molar-refractivity contribution < 1.29 is 8.60 Å². The molecule has 0 spiro atoms. The molecule has 25 heavy (non-hydrogen) atoms. The summed E-state index contributed by atoms with van der Waals surface area (Å²) in [6.45, 7) is 0.341. The Bertz CT molecular complexity index is 764. The molecule has 1 aliphatic carbocycles. The first kappa shape index (κ1) is 19.6. The molecule has 1 saturated carbocycles. The summed E-state index contributed by atoms with van der Waals surface area (Å²) < 4.78 is 27.3. The van der Waals surface area contributed by atoms with Crippen LogP contribution in [0.4, 0.5) is 10.1 Å². The maximum atomic E-state index is 13.2. The Labute approximate surface area is 155 Å². The van der Waals surface area contributed by atoms with Gasteiger partial charge in [0, 0.05) is 12.1 Å².